The summed E-state index contributed by atoms with van der Waals surface area (Å²) in [5.41, 5.74) is 0.507. The van der Waals surface area contributed by atoms with Gasteiger partial charge in [-0.05, 0) is 30.5 Å². The third kappa shape index (κ3) is 5.03. The first-order valence-corrected chi connectivity index (χ1v) is 6.87. The number of esters is 1. The number of methoxy groups -OCH3 is 1. The lowest BCUT2D eigenvalue weighted by Crippen LogP contribution is -2.42. The van der Waals surface area contributed by atoms with E-state index in [1.54, 1.807) is 18.2 Å². The van der Waals surface area contributed by atoms with Crippen molar-refractivity contribution < 1.29 is 14.3 Å². The molecule has 1 amide bonds. The molecule has 0 saturated carbocycles. The number of amides is 1. The molecule has 5 heteroatoms. The van der Waals surface area contributed by atoms with Crippen molar-refractivity contribution in [3.8, 4) is 0 Å². The molecule has 0 aliphatic rings. The largest absolute Gasteiger partial charge is 0.467 e. The summed E-state index contributed by atoms with van der Waals surface area (Å²) in [7, 11) is 1.32. The molecule has 0 spiro atoms. The molecular weight excluding hydrogens is 310 g/mol. The zero-order valence-electron chi connectivity index (χ0n) is 11.3. The Morgan fingerprint density at radius 2 is 2.05 bits per heavy atom. The summed E-state index contributed by atoms with van der Waals surface area (Å²) in [6.45, 7) is 3.97. The Morgan fingerprint density at radius 1 is 1.37 bits per heavy atom. The molecule has 1 aromatic rings. The third-order valence-corrected chi connectivity index (χ3v) is 3.08. The molecule has 19 heavy (non-hydrogen) atoms. The standard InChI is InChI=1S/C14H18BrNO3/c1-9(2)7-12(14(18)19-3)16-13(17)10-5-4-6-11(15)8-10/h4-6,8-9,12H,7H2,1-3H3,(H,16,17)/t12-/m1/s1. The Labute approximate surface area is 121 Å². The molecule has 0 heterocycles. The van der Waals surface area contributed by atoms with E-state index >= 15 is 0 Å². The van der Waals surface area contributed by atoms with Gasteiger partial charge in [-0.2, -0.15) is 0 Å². The summed E-state index contributed by atoms with van der Waals surface area (Å²) in [4.78, 5) is 23.7. The van der Waals surface area contributed by atoms with Gasteiger partial charge >= 0.3 is 5.97 Å². The van der Waals surface area contributed by atoms with Gasteiger partial charge in [0.15, 0.2) is 0 Å². The SMILES string of the molecule is COC(=O)[C@@H](CC(C)C)NC(=O)c1cccc(Br)c1. The van der Waals surface area contributed by atoms with Gasteiger partial charge in [0.25, 0.3) is 5.91 Å². The van der Waals surface area contributed by atoms with E-state index in [1.807, 2.05) is 19.9 Å². The topological polar surface area (TPSA) is 55.4 Å². The van der Waals surface area contributed by atoms with Crippen molar-refractivity contribution in [2.45, 2.75) is 26.3 Å². The fourth-order valence-electron chi connectivity index (χ4n) is 1.70. The molecule has 1 N–H and O–H groups in total. The Morgan fingerprint density at radius 3 is 2.58 bits per heavy atom. The first kappa shape index (κ1) is 15.7. The summed E-state index contributed by atoms with van der Waals surface area (Å²) in [6, 6.07) is 6.40. The molecule has 104 valence electrons. The summed E-state index contributed by atoms with van der Waals surface area (Å²) in [6.07, 6.45) is 0.548. The second-order valence-corrected chi connectivity index (χ2v) is 5.60. The maximum Gasteiger partial charge on any atom is 0.328 e. The van der Waals surface area contributed by atoms with Gasteiger partial charge in [-0.15, -0.1) is 0 Å². The molecule has 0 aromatic heterocycles. The van der Waals surface area contributed by atoms with Gasteiger partial charge in [-0.25, -0.2) is 4.79 Å². The number of halogens is 1. The van der Waals surface area contributed by atoms with Crippen LogP contribution in [-0.2, 0) is 9.53 Å². The van der Waals surface area contributed by atoms with Crippen LogP contribution in [0.2, 0.25) is 0 Å². The van der Waals surface area contributed by atoms with Crippen LogP contribution in [0.5, 0.6) is 0 Å². The number of benzene rings is 1. The number of carbonyl (C=O) groups is 2. The molecule has 0 saturated heterocycles. The second-order valence-electron chi connectivity index (χ2n) is 4.69. The van der Waals surface area contributed by atoms with Gasteiger partial charge in [0, 0.05) is 10.0 Å². The van der Waals surface area contributed by atoms with Crippen molar-refractivity contribution >= 4 is 27.8 Å². The van der Waals surface area contributed by atoms with Gasteiger partial charge in [-0.3, -0.25) is 4.79 Å². The van der Waals surface area contributed by atoms with Crippen LogP contribution in [0.15, 0.2) is 28.7 Å². The highest BCUT2D eigenvalue weighted by molar-refractivity contribution is 9.10. The predicted octanol–water partition coefficient (Wildman–Crippen LogP) is 2.77. The Hall–Kier alpha value is -1.36. The minimum atomic E-state index is -0.614. The number of carbonyl (C=O) groups excluding carboxylic acids is 2. The number of hydrogen-bond acceptors (Lipinski definition) is 3. The quantitative estimate of drug-likeness (QED) is 0.846. The van der Waals surface area contributed by atoms with Gasteiger partial charge in [0.2, 0.25) is 0 Å². The molecule has 0 bridgehead atoms. The fourth-order valence-corrected chi connectivity index (χ4v) is 2.10. The zero-order valence-corrected chi connectivity index (χ0v) is 12.9. The Balaban J connectivity index is 2.78. The van der Waals surface area contributed by atoms with Gasteiger partial charge in [0.05, 0.1) is 7.11 Å². The number of ether oxygens (including phenoxy) is 1. The van der Waals surface area contributed by atoms with Gasteiger partial charge in [-0.1, -0.05) is 35.8 Å². The van der Waals surface area contributed by atoms with Crippen molar-refractivity contribution in [2.75, 3.05) is 7.11 Å². The summed E-state index contributed by atoms with van der Waals surface area (Å²) >= 11 is 3.31. The molecule has 1 aromatic carbocycles. The lowest BCUT2D eigenvalue weighted by molar-refractivity contribution is -0.143. The van der Waals surface area contributed by atoms with E-state index in [1.165, 1.54) is 7.11 Å². The highest BCUT2D eigenvalue weighted by atomic mass is 79.9. The van der Waals surface area contributed by atoms with Crippen LogP contribution in [0, 0.1) is 5.92 Å². The maximum atomic E-state index is 12.1. The summed E-state index contributed by atoms with van der Waals surface area (Å²) < 4.78 is 5.53. The van der Waals surface area contributed by atoms with E-state index in [-0.39, 0.29) is 11.8 Å². The summed E-state index contributed by atoms with van der Waals surface area (Å²) in [5.74, 6) is -0.415. The smallest absolute Gasteiger partial charge is 0.328 e. The van der Waals surface area contributed by atoms with E-state index in [9.17, 15) is 9.59 Å². The van der Waals surface area contributed by atoms with Crippen LogP contribution in [0.4, 0.5) is 0 Å². The molecule has 0 aliphatic heterocycles. The van der Waals surface area contributed by atoms with Crippen molar-refractivity contribution in [2.24, 2.45) is 5.92 Å². The number of rotatable bonds is 5. The zero-order chi connectivity index (χ0) is 14.4. The minimum absolute atomic E-state index is 0.280. The van der Waals surface area contributed by atoms with E-state index in [0.29, 0.717) is 12.0 Å². The monoisotopic (exact) mass is 327 g/mol. The Kier molecular flexibility index (Phi) is 6.02. The highest BCUT2D eigenvalue weighted by Crippen LogP contribution is 2.13. The second kappa shape index (κ2) is 7.28. The van der Waals surface area contributed by atoms with Crippen LogP contribution in [0.25, 0.3) is 0 Å². The van der Waals surface area contributed by atoms with Crippen molar-refractivity contribution in [1.82, 2.24) is 5.32 Å². The van der Waals surface area contributed by atoms with E-state index < -0.39 is 12.0 Å². The number of hydrogen-bond donors (Lipinski definition) is 1. The average Bonchev–Trinajstić information content (AvgIpc) is 2.36. The van der Waals surface area contributed by atoms with E-state index in [2.05, 4.69) is 21.2 Å². The summed E-state index contributed by atoms with van der Waals surface area (Å²) in [5, 5.41) is 2.71. The van der Waals surface area contributed by atoms with Gasteiger partial charge in [0.1, 0.15) is 6.04 Å². The molecule has 0 fully saturated rings. The lowest BCUT2D eigenvalue weighted by atomic mass is 10.0. The normalized spacial score (nSPS) is 12.1. The highest BCUT2D eigenvalue weighted by Gasteiger charge is 2.23. The maximum absolute atomic E-state index is 12.1. The molecule has 0 aliphatic carbocycles. The minimum Gasteiger partial charge on any atom is -0.467 e. The van der Waals surface area contributed by atoms with Crippen LogP contribution >= 0.6 is 15.9 Å². The predicted molar refractivity (Wildman–Crippen MR) is 76.9 cm³/mol. The van der Waals surface area contributed by atoms with Crippen LogP contribution < -0.4 is 5.32 Å². The first-order valence-electron chi connectivity index (χ1n) is 6.08. The first-order chi connectivity index (χ1) is 8.93. The van der Waals surface area contributed by atoms with Crippen LogP contribution in [0.3, 0.4) is 0 Å². The third-order valence-electron chi connectivity index (χ3n) is 2.58. The van der Waals surface area contributed by atoms with Crippen molar-refractivity contribution in [3.63, 3.8) is 0 Å². The van der Waals surface area contributed by atoms with Gasteiger partial charge < -0.3 is 10.1 Å². The molecule has 0 radical (unpaired) electrons. The van der Waals surface area contributed by atoms with Crippen molar-refractivity contribution in [3.05, 3.63) is 34.3 Å². The number of nitrogens with one attached hydrogen (secondary N) is 1. The van der Waals surface area contributed by atoms with Crippen LogP contribution in [-0.4, -0.2) is 25.0 Å². The lowest BCUT2D eigenvalue weighted by Gasteiger charge is -2.18. The molecule has 0 unspecified atom stereocenters. The van der Waals surface area contributed by atoms with Crippen molar-refractivity contribution in [1.29, 1.82) is 0 Å². The molecule has 4 nitrogen and oxygen atoms in total. The molecule has 1 rings (SSSR count). The van der Waals surface area contributed by atoms with Crippen LogP contribution in [0.1, 0.15) is 30.6 Å². The van der Waals surface area contributed by atoms with E-state index in [0.717, 1.165) is 4.47 Å². The Bertz CT molecular complexity index is 460. The molecule has 1 atom stereocenters. The molecular formula is C14H18BrNO3. The fraction of sp³-hybridized carbons (Fsp3) is 0.429. The van der Waals surface area contributed by atoms with E-state index in [4.69, 9.17) is 4.74 Å². The average molecular weight is 328 g/mol.